The van der Waals surface area contributed by atoms with Crippen molar-refractivity contribution < 1.29 is 4.79 Å². The minimum Gasteiger partial charge on any atom is -0.309 e. The summed E-state index contributed by atoms with van der Waals surface area (Å²) in [5, 5.41) is 0. The molecule has 2 rings (SSSR count). The van der Waals surface area contributed by atoms with Crippen LogP contribution in [0.5, 0.6) is 0 Å². The zero-order valence-corrected chi connectivity index (χ0v) is 13.5. The summed E-state index contributed by atoms with van der Waals surface area (Å²) >= 11 is 3.69. The highest BCUT2D eigenvalue weighted by molar-refractivity contribution is 9.09. The van der Waals surface area contributed by atoms with E-state index in [4.69, 9.17) is 0 Å². The maximum atomic E-state index is 12.0. The van der Waals surface area contributed by atoms with Crippen molar-refractivity contribution >= 4 is 27.5 Å². The van der Waals surface area contributed by atoms with Gasteiger partial charge in [-0.2, -0.15) is 0 Å². The number of rotatable bonds is 4. The lowest BCUT2D eigenvalue weighted by Gasteiger charge is -2.22. The molecule has 1 aromatic carbocycles. The van der Waals surface area contributed by atoms with Gasteiger partial charge in [0.15, 0.2) is 0 Å². The van der Waals surface area contributed by atoms with Crippen LogP contribution in [0.4, 0.5) is 5.69 Å². The molecule has 1 aliphatic rings. The molecule has 2 nitrogen and oxygen atoms in total. The Labute approximate surface area is 124 Å². The van der Waals surface area contributed by atoms with E-state index in [1.165, 1.54) is 11.1 Å². The van der Waals surface area contributed by atoms with Crippen molar-refractivity contribution in [3.63, 3.8) is 0 Å². The second-order valence-corrected chi connectivity index (χ2v) is 6.64. The molecule has 0 saturated heterocycles. The zero-order valence-electron chi connectivity index (χ0n) is 11.9. The minimum atomic E-state index is 0.228. The first-order valence-corrected chi connectivity index (χ1v) is 8.06. The van der Waals surface area contributed by atoms with E-state index in [-0.39, 0.29) is 5.91 Å². The second kappa shape index (κ2) is 6.08. The molecule has 3 heteroatoms. The lowest BCUT2D eigenvalue weighted by molar-refractivity contribution is -0.118. The molecule has 0 N–H and O–H groups in total. The number of alkyl halides is 1. The van der Waals surface area contributed by atoms with Crippen molar-refractivity contribution in [1.29, 1.82) is 0 Å². The lowest BCUT2D eigenvalue weighted by atomic mass is 10.0. The largest absolute Gasteiger partial charge is 0.309 e. The number of hydrogen-bond acceptors (Lipinski definition) is 1. The van der Waals surface area contributed by atoms with Crippen LogP contribution in [0.1, 0.15) is 44.7 Å². The minimum absolute atomic E-state index is 0.228. The van der Waals surface area contributed by atoms with Gasteiger partial charge in [-0.15, -0.1) is 0 Å². The highest BCUT2D eigenvalue weighted by Crippen LogP contribution is 2.33. The van der Waals surface area contributed by atoms with E-state index in [2.05, 4.69) is 48.0 Å². The number of amides is 1. The summed E-state index contributed by atoms with van der Waals surface area (Å²) in [6, 6.07) is 6.86. The first-order valence-electron chi connectivity index (χ1n) is 7.14. The molecule has 104 valence electrons. The Morgan fingerprint density at radius 2 is 2.21 bits per heavy atom. The van der Waals surface area contributed by atoms with E-state index in [0.717, 1.165) is 24.9 Å². The summed E-state index contributed by atoms with van der Waals surface area (Å²) in [5.41, 5.74) is 3.80. The monoisotopic (exact) mass is 323 g/mol. The molecule has 1 heterocycles. The molecule has 0 aromatic heterocycles. The Hall–Kier alpha value is -0.830. The maximum absolute atomic E-state index is 12.0. The SMILES string of the molecule is CCC(=O)N1c2ccc(CC(Br)CC)cc2CC1C. The average Bonchev–Trinajstić information content (AvgIpc) is 2.72. The highest BCUT2D eigenvalue weighted by atomic mass is 79.9. The highest BCUT2D eigenvalue weighted by Gasteiger charge is 2.29. The van der Waals surface area contributed by atoms with E-state index < -0.39 is 0 Å². The van der Waals surface area contributed by atoms with Crippen molar-refractivity contribution in [2.24, 2.45) is 0 Å². The van der Waals surface area contributed by atoms with Crippen LogP contribution >= 0.6 is 15.9 Å². The summed E-state index contributed by atoms with van der Waals surface area (Å²) in [4.78, 5) is 14.5. The van der Waals surface area contributed by atoms with Gasteiger partial charge in [0.25, 0.3) is 0 Å². The number of carbonyl (C=O) groups excluding carboxylic acids is 1. The molecule has 0 radical (unpaired) electrons. The molecule has 1 aliphatic heterocycles. The number of hydrogen-bond donors (Lipinski definition) is 0. The Kier molecular flexibility index (Phi) is 4.67. The Morgan fingerprint density at radius 3 is 2.84 bits per heavy atom. The van der Waals surface area contributed by atoms with Crippen LogP contribution in [-0.4, -0.2) is 16.8 Å². The van der Waals surface area contributed by atoms with E-state index in [9.17, 15) is 4.79 Å². The summed E-state index contributed by atoms with van der Waals surface area (Å²) in [6.07, 6.45) is 3.74. The molecule has 0 aliphatic carbocycles. The van der Waals surface area contributed by atoms with Crippen LogP contribution in [0.3, 0.4) is 0 Å². The van der Waals surface area contributed by atoms with Gasteiger partial charge in [0.2, 0.25) is 5.91 Å². The van der Waals surface area contributed by atoms with Crippen LogP contribution in [0.25, 0.3) is 0 Å². The van der Waals surface area contributed by atoms with Gasteiger partial charge in [0, 0.05) is 23.0 Å². The van der Waals surface area contributed by atoms with Crippen molar-refractivity contribution in [3.8, 4) is 0 Å². The van der Waals surface area contributed by atoms with Crippen molar-refractivity contribution in [3.05, 3.63) is 29.3 Å². The molecular weight excluding hydrogens is 302 g/mol. The van der Waals surface area contributed by atoms with Crippen LogP contribution < -0.4 is 4.90 Å². The normalized spacial score (nSPS) is 19.4. The quantitative estimate of drug-likeness (QED) is 0.764. The number of carbonyl (C=O) groups is 1. The van der Waals surface area contributed by atoms with E-state index in [1.54, 1.807) is 0 Å². The van der Waals surface area contributed by atoms with Gasteiger partial charge in [0.05, 0.1) is 0 Å². The van der Waals surface area contributed by atoms with Gasteiger partial charge < -0.3 is 4.90 Å². The van der Waals surface area contributed by atoms with Crippen LogP contribution in [0.15, 0.2) is 18.2 Å². The zero-order chi connectivity index (χ0) is 14.0. The number of anilines is 1. The fourth-order valence-corrected chi connectivity index (χ4v) is 3.14. The molecule has 19 heavy (non-hydrogen) atoms. The fraction of sp³-hybridized carbons (Fsp3) is 0.562. The van der Waals surface area contributed by atoms with E-state index in [0.29, 0.717) is 17.3 Å². The van der Waals surface area contributed by atoms with E-state index in [1.807, 2.05) is 11.8 Å². The summed E-state index contributed by atoms with van der Waals surface area (Å²) < 4.78 is 0. The lowest BCUT2D eigenvalue weighted by Crippen LogP contribution is -2.35. The fourth-order valence-electron chi connectivity index (χ4n) is 2.76. The average molecular weight is 324 g/mol. The Balaban J connectivity index is 2.24. The standard InChI is InChI=1S/C16H22BrNO/c1-4-14(17)10-12-6-7-15-13(9-12)8-11(3)18(15)16(19)5-2/h6-7,9,11,14H,4-5,8,10H2,1-3H3. The van der Waals surface area contributed by atoms with Gasteiger partial charge in [-0.3, -0.25) is 4.79 Å². The predicted molar refractivity (Wildman–Crippen MR) is 84.1 cm³/mol. The predicted octanol–water partition coefficient (Wildman–Crippen LogP) is 4.09. The third-order valence-corrected chi connectivity index (χ3v) is 4.80. The van der Waals surface area contributed by atoms with Gasteiger partial charge >= 0.3 is 0 Å². The Morgan fingerprint density at radius 1 is 1.47 bits per heavy atom. The molecule has 2 unspecified atom stereocenters. The smallest absolute Gasteiger partial charge is 0.226 e. The molecule has 0 spiro atoms. The molecular formula is C16H22BrNO. The van der Waals surface area contributed by atoms with Gasteiger partial charge in [0.1, 0.15) is 0 Å². The van der Waals surface area contributed by atoms with Gasteiger partial charge in [-0.1, -0.05) is 41.9 Å². The first kappa shape index (κ1) is 14.6. The third-order valence-electron chi connectivity index (χ3n) is 3.83. The van der Waals surface area contributed by atoms with Crippen LogP contribution in [0, 0.1) is 0 Å². The van der Waals surface area contributed by atoms with Gasteiger partial charge in [-0.25, -0.2) is 0 Å². The van der Waals surface area contributed by atoms with Gasteiger partial charge in [-0.05, 0) is 43.4 Å². The number of fused-ring (bicyclic) bond motifs is 1. The maximum Gasteiger partial charge on any atom is 0.226 e. The van der Waals surface area contributed by atoms with Crippen molar-refractivity contribution in [2.45, 2.75) is 57.3 Å². The summed E-state index contributed by atoms with van der Waals surface area (Å²) in [6.45, 7) is 6.25. The molecule has 2 atom stereocenters. The number of halogens is 1. The molecule has 1 amide bonds. The topological polar surface area (TPSA) is 20.3 Å². The van der Waals surface area contributed by atoms with Crippen LogP contribution in [0.2, 0.25) is 0 Å². The van der Waals surface area contributed by atoms with Crippen molar-refractivity contribution in [1.82, 2.24) is 0 Å². The summed E-state index contributed by atoms with van der Waals surface area (Å²) in [5.74, 6) is 0.228. The Bertz CT molecular complexity index is 472. The first-order chi connectivity index (χ1) is 9.06. The number of benzene rings is 1. The molecule has 1 aromatic rings. The number of nitrogens with zero attached hydrogens (tertiary/aromatic N) is 1. The molecule has 0 fully saturated rings. The molecule has 0 saturated carbocycles. The van der Waals surface area contributed by atoms with Crippen LogP contribution in [-0.2, 0) is 17.6 Å². The third kappa shape index (κ3) is 3.02. The second-order valence-electron chi connectivity index (χ2n) is 5.34. The van der Waals surface area contributed by atoms with E-state index >= 15 is 0 Å². The summed E-state index contributed by atoms with van der Waals surface area (Å²) in [7, 11) is 0. The van der Waals surface area contributed by atoms with Crippen molar-refractivity contribution in [2.75, 3.05) is 4.90 Å². The molecule has 0 bridgehead atoms.